The molecule has 0 bridgehead atoms. The molecule has 0 atom stereocenters. The van der Waals surface area contributed by atoms with Crippen LogP contribution in [0, 0.1) is 6.92 Å². The molecule has 11 heavy (non-hydrogen) atoms. The monoisotopic (exact) mass is 150 g/mol. The third-order valence-corrected chi connectivity index (χ3v) is 1.49. The molecule has 3 nitrogen and oxygen atoms in total. The Morgan fingerprint density at radius 3 is 2.55 bits per heavy atom. The highest BCUT2D eigenvalue weighted by atomic mass is 16.4. The Bertz CT molecular complexity index is 274. The number of carboxylic acid groups (broad SMARTS) is 1. The van der Waals surface area contributed by atoms with E-state index in [1.54, 1.807) is 19.1 Å². The molecule has 0 spiro atoms. The number of hydrogen-bond donors (Lipinski definition) is 1. The van der Waals surface area contributed by atoms with E-state index in [0.29, 0.717) is 5.56 Å². The summed E-state index contributed by atoms with van der Waals surface area (Å²) in [5, 5.41) is 8.63. The summed E-state index contributed by atoms with van der Waals surface area (Å²) in [6.45, 7) is 1.68. The fourth-order valence-electron chi connectivity index (χ4n) is 0.952. The van der Waals surface area contributed by atoms with Crippen molar-refractivity contribution >= 4 is 11.7 Å². The van der Waals surface area contributed by atoms with Crippen molar-refractivity contribution in [3.63, 3.8) is 0 Å². The van der Waals surface area contributed by atoms with Crippen LogP contribution in [0.25, 0.3) is 0 Å². The Labute approximate surface area is 64.5 Å². The van der Waals surface area contributed by atoms with E-state index in [4.69, 9.17) is 10.8 Å². The maximum atomic E-state index is 10.5. The Morgan fingerprint density at radius 1 is 1.55 bits per heavy atom. The molecule has 0 saturated heterocycles. The van der Waals surface area contributed by atoms with E-state index < -0.39 is 5.97 Å². The number of carboxylic acids is 1. The van der Waals surface area contributed by atoms with Crippen molar-refractivity contribution in [2.45, 2.75) is 6.92 Å². The summed E-state index contributed by atoms with van der Waals surface area (Å²) >= 11 is 0. The van der Waals surface area contributed by atoms with E-state index in [1.165, 1.54) is 6.07 Å². The summed E-state index contributed by atoms with van der Waals surface area (Å²) in [5.41, 5.74) is 8.05. The number of rotatable bonds is 1. The lowest BCUT2D eigenvalue weighted by atomic mass is 10.1. The van der Waals surface area contributed by atoms with Crippen LogP contribution in [-0.2, 0) is 0 Å². The van der Waals surface area contributed by atoms with Gasteiger partial charge in [0.2, 0.25) is 0 Å². The number of carbonyl (C=O) groups is 1. The van der Waals surface area contributed by atoms with Gasteiger partial charge in [0.1, 0.15) is 0 Å². The average molecular weight is 150 g/mol. The quantitative estimate of drug-likeness (QED) is 0.661. The zero-order valence-corrected chi connectivity index (χ0v) is 6.09. The van der Waals surface area contributed by atoms with E-state index in [-0.39, 0.29) is 11.3 Å². The van der Waals surface area contributed by atoms with Crippen LogP contribution in [0.2, 0.25) is 0 Å². The van der Waals surface area contributed by atoms with Gasteiger partial charge in [0, 0.05) is 0 Å². The fraction of sp³-hybridized carbons (Fsp3) is 0.125. The third kappa shape index (κ3) is 1.32. The molecule has 0 unspecified atom stereocenters. The second-order valence-corrected chi connectivity index (χ2v) is 2.30. The lowest BCUT2D eigenvalue weighted by Gasteiger charge is -2.01. The lowest BCUT2D eigenvalue weighted by Crippen LogP contribution is -2.00. The molecule has 0 fully saturated rings. The molecule has 0 aliphatic carbocycles. The van der Waals surface area contributed by atoms with Crippen molar-refractivity contribution in [3.8, 4) is 0 Å². The van der Waals surface area contributed by atoms with Crippen LogP contribution in [0.1, 0.15) is 15.9 Å². The number of hydrogen-bond acceptors (Lipinski definition) is 1. The normalized spacial score (nSPS) is 9.55. The number of aromatic carboxylic acids is 1. The standard InChI is InChI=1S/C8H8NO2/c1-5-3-2-4-6(9)7(5)8(10)11/h2-4,9H,1H3,(H,10,11). The van der Waals surface area contributed by atoms with Gasteiger partial charge in [0.05, 0.1) is 11.3 Å². The molecule has 2 N–H and O–H groups in total. The summed E-state index contributed by atoms with van der Waals surface area (Å²) in [4.78, 5) is 10.5. The van der Waals surface area contributed by atoms with E-state index in [1.807, 2.05) is 0 Å². The van der Waals surface area contributed by atoms with Crippen LogP contribution in [0.15, 0.2) is 18.2 Å². The maximum Gasteiger partial charge on any atom is 0.338 e. The number of aryl methyl sites for hydroxylation is 1. The highest BCUT2D eigenvalue weighted by Crippen LogP contribution is 2.16. The molecular formula is C8H8NO2. The van der Waals surface area contributed by atoms with Crippen molar-refractivity contribution in [3.05, 3.63) is 29.3 Å². The topological polar surface area (TPSA) is 61.1 Å². The lowest BCUT2D eigenvalue weighted by molar-refractivity contribution is 0.0697. The number of benzene rings is 1. The molecule has 57 valence electrons. The maximum absolute atomic E-state index is 10.5. The van der Waals surface area contributed by atoms with Crippen molar-refractivity contribution in [1.82, 2.24) is 5.73 Å². The minimum absolute atomic E-state index is 0.0671. The first-order valence-corrected chi connectivity index (χ1v) is 3.17. The number of nitrogens with one attached hydrogen (secondary N) is 1. The van der Waals surface area contributed by atoms with Crippen LogP contribution < -0.4 is 5.73 Å². The highest BCUT2D eigenvalue weighted by molar-refractivity contribution is 5.94. The van der Waals surface area contributed by atoms with Gasteiger partial charge in [-0.15, -0.1) is 0 Å². The van der Waals surface area contributed by atoms with Crippen LogP contribution in [0.3, 0.4) is 0 Å². The summed E-state index contributed by atoms with van der Waals surface area (Å²) in [6.07, 6.45) is 0. The summed E-state index contributed by atoms with van der Waals surface area (Å²) in [7, 11) is 0. The Kier molecular flexibility index (Phi) is 1.81. The first-order chi connectivity index (χ1) is 5.13. The fourth-order valence-corrected chi connectivity index (χ4v) is 0.952. The predicted octanol–water partition coefficient (Wildman–Crippen LogP) is 1.61. The summed E-state index contributed by atoms with van der Waals surface area (Å²) < 4.78 is 0. The van der Waals surface area contributed by atoms with E-state index in [9.17, 15) is 4.79 Å². The van der Waals surface area contributed by atoms with Crippen molar-refractivity contribution in [2.75, 3.05) is 0 Å². The molecule has 0 aliphatic heterocycles. The largest absolute Gasteiger partial charge is 0.478 e. The zero-order valence-electron chi connectivity index (χ0n) is 6.09. The molecule has 0 aliphatic rings. The van der Waals surface area contributed by atoms with Gasteiger partial charge in [-0.25, -0.2) is 4.79 Å². The van der Waals surface area contributed by atoms with Gasteiger partial charge in [-0.1, -0.05) is 12.1 Å². The molecule has 3 heteroatoms. The van der Waals surface area contributed by atoms with Gasteiger partial charge in [-0.05, 0) is 18.6 Å². The zero-order chi connectivity index (χ0) is 8.43. The molecule has 0 aromatic heterocycles. The first kappa shape index (κ1) is 7.60. The van der Waals surface area contributed by atoms with Gasteiger partial charge in [0.25, 0.3) is 0 Å². The molecule has 1 aromatic carbocycles. The molecule has 1 radical (unpaired) electrons. The van der Waals surface area contributed by atoms with E-state index >= 15 is 0 Å². The Morgan fingerprint density at radius 2 is 2.18 bits per heavy atom. The smallest absolute Gasteiger partial charge is 0.338 e. The van der Waals surface area contributed by atoms with Crippen LogP contribution in [-0.4, -0.2) is 11.1 Å². The van der Waals surface area contributed by atoms with Crippen LogP contribution in [0.5, 0.6) is 0 Å². The van der Waals surface area contributed by atoms with Gasteiger partial charge in [0.15, 0.2) is 0 Å². The second-order valence-electron chi connectivity index (χ2n) is 2.30. The van der Waals surface area contributed by atoms with Crippen molar-refractivity contribution in [2.24, 2.45) is 0 Å². The third-order valence-electron chi connectivity index (χ3n) is 1.49. The van der Waals surface area contributed by atoms with Crippen molar-refractivity contribution < 1.29 is 9.90 Å². The molecule has 0 amide bonds. The van der Waals surface area contributed by atoms with E-state index in [2.05, 4.69) is 0 Å². The summed E-state index contributed by atoms with van der Waals surface area (Å²) in [6, 6.07) is 4.82. The van der Waals surface area contributed by atoms with Crippen LogP contribution in [0.4, 0.5) is 5.69 Å². The molecular weight excluding hydrogens is 142 g/mol. The SMILES string of the molecule is Cc1cccc([NH])c1C(=O)O. The minimum Gasteiger partial charge on any atom is -0.478 e. The van der Waals surface area contributed by atoms with Crippen LogP contribution >= 0.6 is 0 Å². The predicted molar refractivity (Wildman–Crippen MR) is 40.9 cm³/mol. The van der Waals surface area contributed by atoms with Gasteiger partial charge in [-0.2, -0.15) is 0 Å². The molecule has 0 saturated carbocycles. The Hall–Kier alpha value is -1.51. The van der Waals surface area contributed by atoms with Crippen molar-refractivity contribution in [1.29, 1.82) is 0 Å². The summed E-state index contributed by atoms with van der Waals surface area (Å²) in [5.74, 6) is -1.03. The first-order valence-electron chi connectivity index (χ1n) is 3.17. The molecule has 1 rings (SSSR count). The average Bonchev–Trinajstić information content (AvgIpc) is 1.85. The van der Waals surface area contributed by atoms with Gasteiger partial charge >= 0.3 is 5.97 Å². The molecule has 0 heterocycles. The van der Waals surface area contributed by atoms with Gasteiger partial charge in [-0.3, -0.25) is 5.73 Å². The Balaban J connectivity index is 3.32. The minimum atomic E-state index is -1.03. The molecule has 1 aromatic rings. The highest BCUT2D eigenvalue weighted by Gasteiger charge is 2.09. The van der Waals surface area contributed by atoms with E-state index in [0.717, 1.165) is 0 Å². The van der Waals surface area contributed by atoms with Gasteiger partial charge < -0.3 is 5.11 Å². The second kappa shape index (κ2) is 2.62.